The molecule has 1 aliphatic rings. The fourth-order valence-corrected chi connectivity index (χ4v) is 3.45. The van der Waals surface area contributed by atoms with Crippen molar-refractivity contribution in [2.24, 2.45) is 17.6 Å². The van der Waals surface area contributed by atoms with E-state index in [0.717, 1.165) is 32.1 Å². The minimum Gasteiger partial charge on any atom is -0.497 e. The molecule has 0 spiro atoms. The van der Waals surface area contributed by atoms with E-state index in [0.29, 0.717) is 41.3 Å². The van der Waals surface area contributed by atoms with Gasteiger partial charge in [-0.1, -0.05) is 52.2 Å². The highest BCUT2D eigenvalue weighted by Crippen LogP contribution is 2.23. The normalized spacial score (nSPS) is 15.4. The molecule has 1 aliphatic carbocycles. The third kappa shape index (κ3) is 12.6. The SMILES string of the molecule is CC/C=C/C(=C\C=C(/C)C(=O)/C(Nc1cncc(OCC(C)C)n1)=C(/C)N)OC.O=C(O)C1CCCCC1. The van der Waals surface area contributed by atoms with Gasteiger partial charge in [-0.15, -0.1) is 0 Å². The van der Waals surface area contributed by atoms with E-state index in [-0.39, 0.29) is 17.4 Å². The fraction of sp³-hybridized carbons (Fsp3) is 0.517. The van der Waals surface area contributed by atoms with Crippen LogP contribution in [0, 0.1) is 11.8 Å². The van der Waals surface area contributed by atoms with Gasteiger partial charge in [-0.3, -0.25) is 14.6 Å². The first-order chi connectivity index (χ1) is 18.1. The molecule has 4 N–H and O–H groups in total. The number of ether oxygens (including phenoxy) is 2. The van der Waals surface area contributed by atoms with Crippen LogP contribution in [0.3, 0.4) is 0 Å². The lowest BCUT2D eigenvalue weighted by atomic mass is 9.90. The molecule has 9 heteroatoms. The van der Waals surface area contributed by atoms with Crippen LogP contribution >= 0.6 is 0 Å². The first kappa shape index (κ1) is 32.4. The zero-order chi connectivity index (χ0) is 28.5. The summed E-state index contributed by atoms with van der Waals surface area (Å²) >= 11 is 0. The number of nitrogens with one attached hydrogen (secondary N) is 1. The summed E-state index contributed by atoms with van der Waals surface area (Å²) in [6.45, 7) is 10.0. The number of Topliss-reactive ketones (excluding diaryl/α,β-unsaturated/α-hetero) is 1. The molecule has 0 amide bonds. The Hall–Kier alpha value is -3.62. The number of ketones is 1. The molecule has 0 unspecified atom stereocenters. The number of nitrogens with two attached hydrogens (primary N) is 1. The molecular weight excluding hydrogens is 484 g/mol. The number of carbonyl (C=O) groups excluding carboxylic acids is 1. The number of carbonyl (C=O) groups is 2. The van der Waals surface area contributed by atoms with Gasteiger partial charge in [0, 0.05) is 5.70 Å². The molecular formula is C29H44N4O5. The van der Waals surface area contributed by atoms with Crippen molar-refractivity contribution in [3.63, 3.8) is 0 Å². The van der Waals surface area contributed by atoms with E-state index < -0.39 is 5.97 Å². The number of carboxylic acid groups (broad SMARTS) is 1. The lowest BCUT2D eigenvalue weighted by Gasteiger charge is -2.16. The van der Waals surface area contributed by atoms with E-state index in [1.807, 2.05) is 32.9 Å². The van der Waals surface area contributed by atoms with Crippen LogP contribution in [0.4, 0.5) is 5.82 Å². The van der Waals surface area contributed by atoms with Gasteiger partial charge in [0.05, 0.1) is 32.0 Å². The van der Waals surface area contributed by atoms with Crippen LogP contribution in [0.15, 0.2) is 59.4 Å². The lowest BCUT2D eigenvalue weighted by molar-refractivity contribution is -0.142. The zero-order valence-corrected chi connectivity index (χ0v) is 23.6. The Kier molecular flexibility index (Phi) is 15.2. The maximum absolute atomic E-state index is 12.9. The first-order valence-electron chi connectivity index (χ1n) is 13.1. The smallest absolute Gasteiger partial charge is 0.306 e. The largest absolute Gasteiger partial charge is 0.497 e. The molecule has 210 valence electrons. The summed E-state index contributed by atoms with van der Waals surface area (Å²) in [5.74, 6) is 0.906. The number of hydrogen-bond donors (Lipinski definition) is 3. The third-order valence-electron chi connectivity index (χ3n) is 5.62. The van der Waals surface area contributed by atoms with E-state index in [2.05, 4.69) is 15.3 Å². The second-order valence-corrected chi connectivity index (χ2v) is 9.57. The monoisotopic (exact) mass is 528 g/mol. The minimum atomic E-state index is -0.602. The molecule has 1 aromatic rings. The van der Waals surface area contributed by atoms with Gasteiger partial charge < -0.3 is 25.6 Å². The van der Waals surface area contributed by atoms with Gasteiger partial charge in [0.2, 0.25) is 11.7 Å². The van der Waals surface area contributed by atoms with E-state index in [4.69, 9.17) is 20.3 Å². The molecule has 0 aliphatic heterocycles. The average Bonchev–Trinajstić information content (AvgIpc) is 2.91. The molecule has 0 atom stereocenters. The van der Waals surface area contributed by atoms with Gasteiger partial charge in [-0.05, 0) is 56.8 Å². The summed E-state index contributed by atoms with van der Waals surface area (Å²) in [5.41, 5.74) is 7.03. The Balaban J connectivity index is 0.000000671. The van der Waals surface area contributed by atoms with Crippen LogP contribution in [-0.4, -0.2) is 40.5 Å². The Labute approximate surface area is 226 Å². The van der Waals surface area contributed by atoms with E-state index >= 15 is 0 Å². The quantitative estimate of drug-likeness (QED) is 0.175. The molecule has 9 nitrogen and oxygen atoms in total. The van der Waals surface area contributed by atoms with Crippen molar-refractivity contribution >= 4 is 17.6 Å². The summed E-state index contributed by atoms with van der Waals surface area (Å²) in [5, 5.41) is 11.5. The molecule has 1 aromatic heterocycles. The highest BCUT2D eigenvalue weighted by atomic mass is 16.5. The minimum absolute atomic E-state index is 0.0289. The van der Waals surface area contributed by atoms with Crippen LogP contribution in [-0.2, 0) is 14.3 Å². The number of aliphatic carboxylic acids is 1. The first-order valence-corrected chi connectivity index (χ1v) is 13.1. The van der Waals surface area contributed by atoms with Crippen molar-refractivity contribution < 1.29 is 24.2 Å². The van der Waals surface area contributed by atoms with Crippen LogP contribution < -0.4 is 15.8 Å². The summed E-state index contributed by atoms with van der Waals surface area (Å²) in [4.78, 5) is 31.7. The third-order valence-corrected chi connectivity index (χ3v) is 5.62. The van der Waals surface area contributed by atoms with Crippen LogP contribution in [0.1, 0.15) is 73.1 Å². The molecule has 2 rings (SSSR count). The molecule has 38 heavy (non-hydrogen) atoms. The predicted octanol–water partition coefficient (Wildman–Crippen LogP) is 5.78. The van der Waals surface area contributed by atoms with Crippen LogP contribution in [0.25, 0.3) is 0 Å². The van der Waals surface area contributed by atoms with Crippen molar-refractivity contribution in [1.29, 1.82) is 0 Å². The van der Waals surface area contributed by atoms with Crippen molar-refractivity contribution in [1.82, 2.24) is 9.97 Å². The summed E-state index contributed by atoms with van der Waals surface area (Å²) in [6, 6.07) is 0. The van der Waals surface area contributed by atoms with Crippen molar-refractivity contribution in [3.8, 4) is 5.88 Å². The second-order valence-electron chi connectivity index (χ2n) is 9.57. The van der Waals surface area contributed by atoms with Gasteiger partial charge in [0.15, 0.2) is 5.82 Å². The fourth-order valence-electron chi connectivity index (χ4n) is 3.45. The highest BCUT2D eigenvalue weighted by molar-refractivity contribution is 6.10. The highest BCUT2D eigenvalue weighted by Gasteiger charge is 2.19. The number of anilines is 1. The Morgan fingerprint density at radius 1 is 1.18 bits per heavy atom. The maximum Gasteiger partial charge on any atom is 0.306 e. The molecule has 1 fully saturated rings. The number of allylic oxidation sites excluding steroid dienone is 6. The van der Waals surface area contributed by atoms with Gasteiger partial charge in [0.25, 0.3) is 0 Å². The van der Waals surface area contributed by atoms with Crippen molar-refractivity contribution in [2.45, 2.75) is 73.1 Å². The predicted molar refractivity (Wildman–Crippen MR) is 150 cm³/mol. The second kappa shape index (κ2) is 17.8. The van der Waals surface area contributed by atoms with Crippen molar-refractivity contribution in [2.75, 3.05) is 19.0 Å². The average molecular weight is 529 g/mol. The molecule has 0 saturated heterocycles. The van der Waals surface area contributed by atoms with Crippen LogP contribution in [0.2, 0.25) is 0 Å². The van der Waals surface area contributed by atoms with E-state index in [1.54, 1.807) is 33.1 Å². The number of methoxy groups -OCH3 is 1. The van der Waals surface area contributed by atoms with E-state index in [9.17, 15) is 9.59 Å². The van der Waals surface area contributed by atoms with Gasteiger partial charge in [0.1, 0.15) is 11.5 Å². The van der Waals surface area contributed by atoms with Gasteiger partial charge in [-0.25, -0.2) is 0 Å². The summed E-state index contributed by atoms with van der Waals surface area (Å²) < 4.78 is 10.9. The van der Waals surface area contributed by atoms with Gasteiger partial charge >= 0.3 is 5.97 Å². The maximum atomic E-state index is 12.9. The Bertz CT molecular complexity index is 1020. The number of carboxylic acids is 1. The number of nitrogens with zero attached hydrogens (tertiary/aromatic N) is 2. The summed E-state index contributed by atoms with van der Waals surface area (Å²) in [7, 11) is 1.58. The van der Waals surface area contributed by atoms with Gasteiger partial charge in [-0.2, -0.15) is 4.98 Å². The lowest BCUT2D eigenvalue weighted by Crippen LogP contribution is -2.18. The Morgan fingerprint density at radius 2 is 1.87 bits per heavy atom. The zero-order valence-electron chi connectivity index (χ0n) is 23.6. The molecule has 1 heterocycles. The molecule has 1 saturated carbocycles. The number of rotatable bonds is 12. The number of hydrogen-bond acceptors (Lipinski definition) is 8. The standard InChI is InChI=1S/C22H32N4O3.C7H12O2/c1-7-8-9-18(28-6)11-10-16(4)22(27)21(17(5)23)26-19-12-24-13-20(25-19)29-14-15(2)3;8-7(9)6-4-2-1-3-5-6/h8-13,15H,7,14,23H2,1-6H3,(H,25,26);6H,1-5H2,(H,8,9)/b9-8+,16-10+,18-11+,21-17+;. The molecule has 0 bridgehead atoms. The van der Waals surface area contributed by atoms with E-state index in [1.165, 1.54) is 18.8 Å². The molecule has 0 aromatic carbocycles. The topological polar surface area (TPSA) is 137 Å². The Morgan fingerprint density at radius 3 is 2.39 bits per heavy atom. The van der Waals surface area contributed by atoms with Crippen LogP contribution in [0.5, 0.6) is 5.88 Å². The summed E-state index contributed by atoms with van der Waals surface area (Å²) in [6.07, 6.45) is 16.4. The van der Waals surface area contributed by atoms with Crippen molar-refractivity contribution in [3.05, 3.63) is 59.4 Å². The number of aromatic nitrogens is 2. The molecule has 0 radical (unpaired) electrons.